The lowest BCUT2D eigenvalue weighted by Gasteiger charge is -2.31. The molecule has 3 rings (SSSR count). The molecular weight excluding hydrogens is 344 g/mol. The Morgan fingerprint density at radius 2 is 2.25 bits per heavy atom. The highest BCUT2D eigenvalue weighted by molar-refractivity contribution is 7.99. The molecule has 0 aliphatic heterocycles. The quantitative estimate of drug-likeness (QED) is 0.623. The molecule has 0 saturated heterocycles. The first kappa shape index (κ1) is 16.8. The molecule has 1 aliphatic rings. The van der Waals surface area contributed by atoms with Crippen molar-refractivity contribution in [3.8, 4) is 16.8 Å². The van der Waals surface area contributed by atoms with E-state index < -0.39 is 5.54 Å². The highest BCUT2D eigenvalue weighted by atomic mass is 32.2. The van der Waals surface area contributed by atoms with Crippen molar-refractivity contribution in [3.05, 3.63) is 17.5 Å². The number of rotatable bonds is 5. The highest BCUT2D eigenvalue weighted by Crippen LogP contribution is 2.28. The standard InChI is InChI=1S/C15H18N6OS2/c16-10-15(6-2-1-3-7-15)18-12(22)9-24-14-20-19-13(21(14)17)11-5-4-8-23-11/h4-5,8H,1-3,6-7,9,17H2,(H,18,22). The van der Waals surface area contributed by atoms with Crippen molar-refractivity contribution in [1.29, 1.82) is 5.26 Å². The van der Waals surface area contributed by atoms with Gasteiger partial charge in [-0.3, -0.25) is 4.79 Å². The maximum Gasteiger partial charge on any atom is 0.231 e. The van der Waals surface area contributed by atoms with Crippen LogP contribution in [0.15, 0.2) is 22.7 Å². The topological polar surface area (TPSA) is 110 Å². The maximum atomic E-state index is 12.2. The van der Waals surface area contributed by atoms with Crippen molar-refractivity contribution >= 4 is 29.0 Å². The second-order valence-electron chi connectivity index (χ2n) is 5.74. The Kier molecular flexibility index (Phi) is 5.06. The molecule has 7 nitrogen and oxygen atoms in total. The molecule has 1 saturated carbocycles. The normalized spacial score (nSPS) is 16.5. The first-order valence-electron chi connectivity index (χ1n) is 7.73. The van der Waals surface area contributed by atoms with Crippen LogP contribution in [0.3, 0.4) is 0 Å². The minimum Gasteiger partial charge on any atom is -0.337 e. The maximum absolute atomic E-state index is 12.2. The van der Waals surface area contributed by atoms with Gasteiger partial charge in [0.15, 0.2) is 5.82 Å². The summed E-state index contributed by atoms with van der Waals surface area (Å²) in [6, 6.07) is 6.12. The number of nitriles is 1. The van der Waals surface area contributed by atoms with Gasteiger partial charge in [-0.1, -0.05) is 37.1 Å². The Labute approximate surface area is 148 Å². The van der Waals surface area contributed by atoms with Crippen molar-refractivity contribution in [2.24, 2.45) is 0 Å². The van der Waals surface area contributed by atoms with Crippen LogP contribution in [-0.4, -0.2) is 32.1 Å². The number of nitrogen functional groups attached to an aromatic ring is 1. The number of hydrogen-bond acceptors (Lipinski definition) is 7. The summed E-state index contributed by atoms with van der Waals surface area (Å²) < 4.78 is 1.39. The number of hydrogen-bond donors (Lipinski definition) is 2. The Morgan fingerprint density at radius 1 is 1.46 bits per heavy atom. The van der Waals surface area contributed by atoms with Gasteiger partial charge in [0.25, 0.3) is 0 Å². The molecule has 2 heterocycles. The Hall–Kier alpha value is -2.05. The molecule has 24 heavy (non-hydrogen) atoms. The van der Waals surface area contributed by atoms with Crippen LogP contribution < -0.4 is 11.2 Å². The minimum atomic E-state index is -0.714. The number of nitrogens with one attached hydrogen (secondary N) is 1. The number of carbonyl (C=O) groups is 1. The number of nitrogens with zero attached hydrogens (tertiary/aromatic N) is 4. The fraction of sp³-hybridized carbons (Fsp3) is 0.467. The summed E-state index contributed by atoms with van der Waals surface area (Å²) in [5.74, 6) is 6.57. The summed E-state index contributed by atoms with van der Waals surface area (Å²) >= 11 is 2.74. The zero-order valence-corrected chi connectivity index (χ0v) is 14.7. The molecule has 3 N–H and O–H groups in total. The second-order valence-corrected chi connectivity index (χ2v) is 7.64. The smallest absolute Gasteiger partial charge is 0.231 e. The van der Waals surface area contributed by atoms with Gasteiger partial charge in [-0.15, -0.1) is 21.5 Å². The third-order valence-electron chi connectivity index (χ3n) is 4.04. The fourth-order valence-electron chi connectivity index (χ4n) is 2.80. The summed E-state index contributed by atoms with van der Waals surface area (Å²) in [4.78, 5) is 13.1. The van der Waals surface area contributed by atoms with Gasteiger partial charge in [0.1, 0.15) is 5.54 Å². The molecule has 0 spiro atoms. The fourth-order valence-corrected chi connectivity index (χ4v) is 4.16. The van der Waals surface area contributed by atoms with E-state index in [1.165, 1.54) is 27.8 Å². The molecule has 0 aromatic carbocycles. The van der Waals surface area contributed by atoms with Gasteiger partial charge in [0, 0.05) is 0 Å². The number of thiophene rings is 1. The number of carbonyl (C=O) groups excluding carboxylic acids is 1. The molecule has 0 radical (unpaired) electrons. The van der Waals surface area contributed by atoms with Crippen molar-refractivity contribution in [2.75, 3.05) is 11.6 Å². The van der Waals surface area contributed by atoms with E-state index in [-0.39, 0.29) is 11.7 Å². The van der Waals surface area contributed by atoms with Gasteiger partial charge < -0.3 is 11.2 Å². The van der Waals surface area contributed by atoms with E-state index in [4.69, 9.17) is 5.84 Å². The monoisotopic (exact) mass is 362 g/mol. The number of nitrogens with two attached hydrogens (primary N) is 1. The Balaban J connectivity index is 1.60. The summed E-state index contributed by atoms with van der Waals surface area (Å²) in [6.07, 6.45) is 4.51. The van der Waals surface area contributed by atoms with Gasteiger partial charge in [0.2, 0.25) is 11.1 Å². The van der Waals surface area contributed by atoms with Crippen molar-refractivity contribution in [1.82, 2.24) is 20.2 Å². The Morgan fingerprint density at radius 3 is 2.92 bits per heavy atom. The summed E-state index contributed by atoms with van der Waals surface area (Å²) in [6.45, 7) is 0. The van der Waals surface area contributed by atoms with Gasteiger partial charge in [0.05, 0.1) is 16.7 Å². The van der Waals surface area contributed by atoms with E-state index in [0.29, 0.717) is 11.0 Å². The molecule has 0 atom stereocenters. The van der Waals surface area contributed by atoms with Gasteiger partial charge in [-0.05, 0) is 24.3 Å². The van der Waals surface area contributed by atoms with E-state index in [2.05, 4.69) is 21.6 Å². The minimum absolute atomic E-state index is 0.156. The van der Waals surface area contributed by atoms with Crippen LogP contribution in [0.4, 0.5) is 0 Å². The lowest BCUT2D eigenvalue weighted by Crippen LogP contribution is -2.49. The molecule has 1 aliphatic carbocycles. The lowest BCUT2D eigenvalue weighted by atomic mass is 9.83. The largest absolute Gasteiger partial charge is 0.337 e. The van der Waals surface area contributed by atoms with Crippen LogP contribution in [0.25, 0.3) is 10.7 Å². The average Bonchev–Trinajstić information content (AvgIpc) is 3.23. The molecule has 0 unspecified atom stereocenters. The van der Waals surface area contributed by atoms with Crippen LogP contribution >= 0.6 is 23.1 Å². The number of aromatic nitrogens is 3. The zero-order valence-electron chi connectivity index (χ0n) is 13.1. The van der Waals surface area contributed by atoms with Crippen LogP contribution in [0.1, 0.15) is 32.1 Å². The van der Waals surface area contributed by atoms with E-state index in [0.717, 1.165) is 37.0 Å². The predicted octanol–water partition coefficient (Wildman–Crippen LogP) is 2.16. The molecule has 1 amide bonds. The third-order valence-corrected chi connectivity index (χ3v) is 5.85. The molecule has 1 fully saturated rings. The van der Waals surface area contributed by atoms with Crippen LogP contribution in [0, 0.1) is 11.3 Å². The van der Waals surface area contributed by atoms with E-state index >= 15 is 0 Å². The first-order chi connectivity index (χ1) is 11.6. The van der Waals surface area contributed by atoms with Crippen LogP contribution in [0.2, 0.25) is 0 Å². The summed E-state index contributed by atoms with van der Waals surface area (Å²) in [5, 5.41) is 22.8. The predicted molar refractivity (Wildman–Crippen MR) is 93.8 cm³/mol. The van der Waals surface area contributed by atoms with E-state index in [1.54, 1.807) is 0 Å². The van der Waals surface area contributed by atoms with E-state index in [9.17, 15) is 10.1 Å². The highest BCUT2D eigenvalue weighted by Gasteiger charge is 2.33. The van der Waals surface area contributed by atoms with Crippen molar-refractivity contribution < 1.29 is 4.79 Å². The first-order valence-corrected chi connectivity index (χ1v) is 9.59. The molecule has 0 bridgehead atoms. The average molecular weight is 362 g/mol. The molecule has 2 aromatic heterocycles. The zero-order chi connectivity index (χ0) is 17.0. The lowest BCUT2D eigenvalue weighted by molar-refractivity contribution is -0.120. The molecule has 2 aromatic rings. The molecule has 126 valence electrons. The van der Waals surface area contributed by atoms with Crippen LogP contribution in [-0.2, 0) is 4.79 Å². The summed E-state index contributed by atoms with van der Waals surface area (Å²) in [5.41, 5.74) is -0.714. The number of amides is 1. The van der Waals surface area contributed by atoms with Crippen LogP contribution in [0.5, 0.6) is 0 Å². The second kappa shape index (κ2) is 7.23. The number of thioether (sulfide) groups is 1. The van der Waals surface area contributed by atoms with Gasteiger partial charge >= 0.3 is 0 Å². The third kappa shape index (κ3) is 3.55. The van der Waals surface area contributed by atoms with Gasteiger partial charge in [-0.25, -0.2) is 4.68 Å². The SMILES string of the molecule is N#CC1(NC(=O)CSc2nnc(-c3cccs3)n2N)CCCCC1. The molecular formula is C15H18N6OS2. The summed E-state index contributed by atoms with van der Waals surface area (Å²) in [7, 11) is 0. The Bertz CT molecular complexity index is 743. The van der Waals surface area contributed by atoms with Crippen molar-refractivity contribution in [2.45, 2.75) is 42.8 Å². The van der Waals surface area contributed by atoms with E-state index in [1.807, 2.05) is 17.5 Å². The molecule has 9 heteroatoms. The van der Waals surface area contributed by atoms with Gasteiger partial charge in [-0.2, -0.15) is 5.26 Å². The van der Waals surface area contributed by atoms with Crippen molar-refractivity contribution in [3.63, 3.8) is 0 Å².